The van der Waals surface area contributed by atoms with Crippen LogP contribution in [0.5, 0.6) is 5.75 Å². The zero-order chi connectivity index (χ0) is 24.9. The standard InChI is InChI=1S/C28H28N2O5/c1-16-11-17(2)13-21(12-16)29-15-19(14-24(29)31)28(34)35-22-9-7-20(8-10-22)30-26(32)23-6-4-5-18(3)25(23)27(30)33/h4-5,7-13,18-19,23,25H,6,14-15H2,1-3H3/t18-,19+,23+,25+/m0/s1. The molecular formula is C28H28N2O5. The molecule has 2 saturated heterocycles. The first-order valence-corrected chi connectivity index (χ1v) is 12.0. The first kappa shape index (κ1) is 23.0. The van der Waals surface area contributed by atoms with E-state index in [0.717, 1.165) is 16.8 Å². The topological polar surface area (TPSA) is 84.0 Å². The lowest BCUT2D eigenvalue weighted by molar-refractivity contribution is -0.139. The van der Waals surface area contributed by atoms with Gasteiger partial charge in [-0.3, -0.25) is 24.1 Å². The minimum absolute atomic E-state index is 0.0211. The van der Waals surface area contributed by atoms with Crippen molar-refractivity contribution < 1.29 is 23.9 Å². The van der Waals surface area contributed by atoms with Crippen molar-refractivity contribution in [1.29, 1.82) is 0 Å². The van der Waals surface area contributed by atoms with Crippen molar-refractivity contribution in [3.05, 3.63) is 65.7 Å². The lowest BCUT2D eigenvalue weighted by Gasteiger charge is -2.22. The van der Waals surface area contributed by atoms with E-state index in [1.54, 1.807) is 29.2 Å². The van der Waals surface area contributed by atoms with E-state index in [-0.39, 0.29) is 48.4 Å². The van der Waals surface area contributed by atoms with E-state index in [4.69, 9.17) is 4.74 Å². The molecule has 3 amide bonds. The van der Waals surface area contributed by atoms with Gasteiger partial charge in [-0.25, -0.2) is 0 Å². The maximum Gasteiger partial charge on any atom is 0.316 e. The molecule has 2 aliphatic heterocycles. The zero-order valence-corrected chi connectivity index (χ0v) is 20.1. The number of anilines is 2. The summed E-state index contributed by atoms with van der Waals surface area (Å²) in [5.74, 6) is -1.84. The van der Waals surface area contributed by atoms with Crippen LogP contribution in [0, 0.1) is 37.5 Å². The second-order valence-corrected chi connectivity index (χ2v) is 9.83. The second-order valence-electron chi connectivity index (χ2n) is 9.83. The third kappa shape index (κ3) is 4.16. The summed E-state index contributed by atoms with van der Waals surface area (Å²) in [7, 11) is 0. The van der Waals surface area contributed by atoms with Crippen LogP contribution in [0.3, 0.4) is 0 Å². The third-order valence-corrected chi connectivity index (χ3v) is 7.16. The Labute approximate surface area is 204 Å². The normalized spacial score (nSPS) is 25.9. The van der Waals surface area contributed by atoms with E-state index >= 15 is 0 Å². The summed E-state index contributed by atoms with van der Waals surface area (Å²) in [6.07, 6.45) is 4.63. The van der Waals surface area contributed by atoms with Crippen LogP contribution in [0.2, 0.25) is 0 Å². The van der Waals surface area contributed by atoms with Gasteiger partial charge in [0.1, 0.15) is 5.75 Å². The molecular weight excluding hydrogens is 444 g/mol. The van der Waals surface area contributed by atoms with Crippen LogP contribution in [0.25, 0.3) is 0 Å². The number of amides is 3. The van der Waals surface area contributed by atoms with Crippen molar-refractivity contribution in [3.8, 4) is 5.75 Å². The number of esters is 1. The monoisotopic (exact) mass is 472 g/mol. The Bertz CT molecular complexity index is 1230. The number of hydrogen-bond donors (Lipinski definition) is 0. The predicted molar refractivity (Wildman–Crippen MR) is 131 cm³/mol. The van der Waals surface area contributed by atoms with E-state index in [2.05, 4.69) is 0 Å². The molecule has 0 unspecified atom stereocenters. The fourth-order valence-electron chi connectivity index (χ4n) is 5.49. The van der Waals surface area contributed by atoms with E-state index in [1.807, 2.05) is 51.1 Å². The van der Waals surface area contributed by atoms with Gasteiger partial charge >= 0.3 is 5.97 Å². The van der Waals surface area contributed by atoms with Crippen LogP contribution in [-0.4, -0.2) is 30.2 Å². The highest BCUT2D eigenvalue weighted by Crippen LogP contribution is 2.40. The Morgan fingerprint density at radius 3 is 2.29 bits per heavy atom. The summed E-state index contributed by atoms with van der Waals surface area (Å²) in [5.41, 5.74) is 3.37. The number of fused-ring (bicyclic) bond motifs is 1. The number of nitrogens with zero attached hydrogens (tertiary/aromatic N) is 2. The molecule has 5 rings (SSSR count). The van der Waals surface area contributed by atoms with E-state index in [0.29, 0.717) is 17.9 Å². The van der Waals surface area contributed by atoms with Crippen molar-refractivity contribution in [1.82, 2.24) is 0 Å². The molecule has 0 bridgehead atoms. The number of aryl methyl sites for hydroxylation is 2. The van der Waals surface area contributed by atoms with Crippen LogP contribution < -0.4 is 14.5 Å². The summed E-state index contributed by atoms with van der Waals surface area (Å²) in [6.45, 7) is 6.17. The Morgan fingerprint density at radius 1 is 0.943 bits per heavy atom. The Morgan fingerprint density at radius 2 is 1.63 bits per heavy atom. The number of carbonyl (C=O) groups excluding carboxylic acids is 4. The molecule has 0 radical (unpaired) electrons. The van der Waals surface area contributed by atoms with Crippen LogP contribution in [0.15, 0.2) is 54.6 Å². The van der Waals surface area contributed by atoms with E-state index in [1.165, 1.54) is 4.90 Å². The van der Waals surface area contributed by atoms with Crippen molar-refractivity contribution in [2.24, 2.45) is 23.7 Å². The molecule has 0 aromatic heterocycles. The summed E-state index contributed by atoms with van der Waals surface area (Å²) >= 11 is 0. The molecule has 4 atom stereocenters. The number of allylic oxidation sites excluding steroid dienone is 2. The van der Waals surface area contributed by atoms with Crippen molar-refractivity contribution in [3.63, 3.8) is 0 Å². The van der Waals surface area contributed by atoms with Crippen LogP contribution in [-0.2, 0) is 19.2 Å². The van der Waals surface area contributed by atoms with Gasteiger partial charge in [-0.2, -0.15) is 0 Å². The van der Waals surface area contributed by atoms with Crippen LogP contribution in [0.1, 0.15) is 30.9 Å². The van der Waals surface area contributed by atoms with Crippen molar-refractivity contribution in [2.45, 2.75) is 33.6 Å². The number of imide groups is 1. The molecule has 0 saturated carbocycles. The number of benzene rings is 2. The van der Waals surface area contributed by atoms with E-state index < -0.39 is 11.9 Å². The SMILES string of the molecule is Cc1cc(C)cc(N2C[C@H](C(=O)Oc3ccc(N4C(=O)[C@@H]5[C@@H](C)C=CC[C@H]5C4=O)cc3)CC2=O)c1. The molecule has 0 spiro atoms. The Kier molecular flexibility index (Phi) is 5.79. The lowest BCUT2D eigenvalue weighted by Crippen LogP contribution is -2.31. The first-order chi connectivity index (χ1) is 16.7. The van der Waals surface area contributed by atoms with Gasteiger partial charge in [0.05, 0.1) is 23.4 Å². The molecule has 35 heavy (non-hydrogen) atoms. The highest BCUT2D eigenvalue weighted by Gasteiger charge is 2.50. The van der Waals surface area contributed by atoms with Gasteiger partial charge in [0, 0.05) is 18.7 Å². The molecule has 1 aliphatic carbocycles. The summed E-state index contributed by atoms with van der Waals surface area (Å²) in [5, 5.41) is 0. The van der Waals surface area contributed by atoms with Gasteiger partial charge in [0.15, 0.2) is 0 Å². The largest absolute Gasteiger partial charge is 0.426 e. The Balaban J connectivity index is 1.25. The van der Waals surface area contributed by atoms with Gasteiger partial charge < -0.3 is 9.64 Å². The van der Waals surface area contributed by atoms with Crippen LogP contribution >= 0.6 is 0 Å². The molecule has 2 aromatic rings. The third-order valence-electron chi connectivity index (χ3n) is 7.16. The summed E-state index contributed by atoms with van der Waals surface area (Å²) < 4.78 is 5.55. The quantitative estimate of drug-likeness (QED) is 0.291. The first-order valence-electron chi connectivity index (χ1n) is 12.0. The van der Waals surface area contributed by atoms with Crippen molar-refractivity contribution >= 4 is 35.1 Å². The number of rotatable bonds is 4. The highest BCUT2D eigenvalue weighted by atomic mass is 16.5. The zero-order valence-electron chi connectivity index (χ0n) is 20.1. The minimum atomic E-state index is -0.568. The second kappa shape index (κ2) is 8.80. The predicted octanol–water partition coefficient (Wildman–Crippen LogP) is 3.96. The molecule has 180 valence electrons. The average Bonchev–Trinajstić information content (AvgIpc) is 3.32. The Hall–Kier alpha value is -3.74. The molecule has 0 N–H and O–H groups in total. The maximum absolute atomic E-state index is 13.0. The summed E-state index contributed by atoms with van der Waals surface area (Å²) in [4.78, 5) is 54.1. The molecule has 7 nitrogen and oxygen atoms in total. The maximum atomic E-state index is 13.0. The lowest BCUT2D eigenvalue weighted by atomic mass is 9.78. The molecule has 3 aliphatic rings. The van der Waals surface area contributed by atoms with Gasteiger partial charge in [0.25, 0.3) is 0 Å². The van der Waals surface area contributed by atoms with Crippen molar-refractivity contribution in [2.75, 3.05) is 16.3 Å². The molecule has 2 heterocycles. The highest BCUT2D eigenvalue weighted by molar-refractivity contribution is 6.22. The van der Waals surface area contributed by atoms with Gasteiger partial charge in [-0.15, -0.1) is 0 Å². The molecule has 2 fully saturated rings. The number of hydrogen-bond acceptors (Lipinski definition) is 5. The summed E-state index contributed by atoms with van der Waals surface area (Å²) in [6, 6.07) is 12.3. The number of ether oxygens (including phenoxy) is 1. The average molecular weight is 473 g/mol. The molecule has 2 aromatic carbocycles. The van der Waals surface area contributed by atoms with Gasteiger partial charge in [-0.1, -0.05) is 25.1 Å². The number of carbonyl (C=O) groups is 4. The fraction of sp³-hybridized carbons (Fsp3) is 0.357. The minimum Gasteiger partial charge on any atom is -0.426 e. The molecule has 7 heteroatoms. The van der Waals surface area contributed by atoms with Crippen LogP contribution in [0.4, 0.5) is 11.4 Å². The van der Waals surface area contributed by atoms with Gasteiger partial charge in [-0.05, 0) is 73.7 Å². The fourth-order valence-corrected chi connectivity index (χ4v) is 5.49. The smallest absolute Gasteiger partial charge is 0.316 e. The van der Waals surface area contributed by atoms with E-state index in [9.17, 15) is 19.2 Å². The van der Waals surface area contributed by atoms with Gasteiger partial charge in [0.2, 0.25) is 17.7 Å².